The first-order chi connectivity index (χ1) is 10.9. The number of amides is 1. The summed E-state index contributed by atoms with van der Waals surface area (Å²) in [5.41, 5.74) is 0.896. The standard InChI is InChI=1S/C15H19ClN4O2S/c1-9(2)20-13(18-19-15(20)23)8-17-14(22)6-4-10-3-5-12(21)11(16)7-10/h3,5,7,9,21H,4,6,8H2,1-2H3,(H,17,22)(H,19,23). The van der Waals surface area contributed by atoms with Crippen molar-refractivity contribution in [1.29, 1.82) is 0 Å². The molecule has 0 saturated heterocycles. The minimum Gasteiger partial charge on any atom is -0.506 e. The molecule has 0 saturated carbocycles. The maximum Gasteiger partial charge on any atom is 0.220 e. The molecule has 0 atom stereocenters. The van der Waals surface area contributed by atoms with Crippen LogP contribution in [0.15, 0.2) is 18.2 Å². The van der Waals surface area contributed by atoms with Gasteiger partial charge >= 0.3 is 0 Å². The summed E-state index contributed by atoms with van der Waals surface area (Å²) < 4.78 is 2.41. The Bertz CT molecular complexity index is 754. The molecule has 0 radical (unpaired) electrons. The molecule has 124 valence electrons. The van der Waals surface area contributed by atoms with Crippen LogP contribution in [0.25, 0.3) is 0 Å². The number of H-pyrrole nitrogens is 1. The molecule has 1 aromatic carbocycles. The molecule has 1 aromatic heterocycles. The molecule has 0 spiro atoms. The number of aromatic amines is 1. The van der Waals surface area contributed by atoms with Gasteiger partial charge in [0.25, 0.3) is 0 Å². The summed E-state index contributed by atoms with van der Waals surface area (Å²) in [7, 11) is 0. The van der Waals surface area contributed by atoms with E-state index in [2.05, 4.69) is 15.5 Å². The van der Waals surface area contributed by atoms with Gasteiger partial charge in [-0.25, -0.2) is 0 Å². The highest BCUT2D eigenvalue weighted by Gasteiger charge is 2.11. The zero-order valence-electron chi connectivity index (χ0n) is 13.0. The summed E-state index contributed by atoms with van der Waals surface area (Å²) >= 11 is 11.0. The third kappa shape index (κ3) is 4.56. The average Bonchev–Trinajstić information content (AvgIpc) is 2.87. The molecule has 0 bridgehead atoms. The minimum atomic E-state index is -0.0848. The Morgan fingerprint density at radius 3 is 2.91 bits per heavy atom. The maximum absolute atomic E-state index is 12.0. The van der Waals surface area contributed by atoms with Gasteiger partial charge in [-0.2, -0.15) is 5.10 Å². The van der Waals surface area contributed by atoms with Crippen molar-refractivity contribution in [1.82, 2.24) is 20.1 Å². The van der Waals surface area contributed by atoms with Crippen LogP contribution in [0, 0.1) is 4.77 Å². The molecule has 23 heavy (non-hydrogen) atoms. The normalized spacial score (nSPS) is 11.0. The third-order valence-corrected chi connectivity index (χ3v) is 3.98. The number of carbonyl (C=O) groups excluding carboxylic acids is 1. The Morgan fingerprint density at radius 1 is 1.52 bits per heavy atom. The topological polar surface area (TPSA) is 82.9 Å². The van der Waals surface area contributed by atoms with Gasteiger partial charge in [-0.1, -0.05) is 17.7 Å². The summed E-state index contributed by atoms with van der Waals surface area (Å²) in [5.74, 6) is 0.654. The molecule has 1 amide bonds. The zero-order chi connectivity index (χ0) is 17.0. The van der Waals surface area contributed by atoms with Gasteiger partial charge in [-0.05, 0) is 50.2 Å². The predicted octanol–water partition coefficient (Wildman–Crippen LogP) is 3.13. The number of nitrogens with zero attached hydrogens (tertiary/aromatic N) is 2. The Balaban J connectivity index is 1.88. The molecule has 0 aliphatic heterocycles. The highest BCUT2D eigenvalue weighted by molar-refractivity contribution is 7.71. The van der Waals surface area contributed by atoms with Crippen molar-refractivity contribution < 1.29 is 9.90 Å². The fourth-order valence-corrected chi connectivity index (χ4v) is 2.79. The predicted molar refractivity (Wildman–Crippen MR) is 91.1 cm³/mol. The van der Waals surface area contributed by atoms with Gasteiger partial charge in [-0.3, -0.25) is 9.89 Å². The lowest BCUT2D eigenvalue weighted by Crippen LogP contribution is -2.25. The van der Waals surface area contributed by atoms with Crippen LogP contribution in [-0.4, -0.2) is 25.8 Å². The molecule has 1 heterocycles. The second-order valence-electron chi connectivity index (χ2n) is 5.47. The molecule has 0 aliphatic carbocycles. The number of hydrogen-bond acceptors (Lipinski definition) is 4. The fourth-order valence-electron chi connectivity index (χ4n) is 2.22. The van der Waals surface area contributed by atoms with E-state index in [1.54, 1.807) is 12.1 Å². The lowest BCUT2D eigenvalue weighted by molar-refractivity contribution is -0.121. The summed E-state index contributed by atoms with van der Waals surface area (Å²) in [6.45, 7) is 4.33. The molecule has 8 heteroatoms. The first-order valence-corrected chi connectivity index (χ1v) is 8.07. The zero-order valence-corrected chi connectivity index (χ0v) is 14.5. The van der Waals surface area contributed by atoms with Crippen molar-refractivity contribution in [3.63, 3.8) is 0 Å². The Kier molecular flexibility index (Phi) is 5.79. The van der Waals surface area contributed by atoms with E-state index in [0.717, 1.165) is 5.56 Å². The van der Waals surface area contributed by atoms with Gasteiger partial charge in [0.05, 0.1) is 11.6 Å². The number of hydrogen-bond donors (Lipinski definition) is 3. The highest BCUT2D eigenvalue weighted by Crippen LogP contribution is 2.24. The van der Waals surface area contributed by atoms with Crippen LogP contribution < -0.4 is 5.32 Å². The molecule has 0 fully saturated rings. The third-order valence-electron chi connectivity index (χ3n) is 3.39. The number of nitrogens with one attached hydrogen (secondary N) is 2. The summed E-state index contributed by atoms with van der Waals surface area (Å²) in [6, 6.07) is 5.11. The van der Waals surface area contributed by atoms with Crippen molar-refractivity contribution in [3.8, 4) is 5.75 Å². The van der Waals surface area contributed by atoms with E-state index in [1.165, 1.54) is 6.07 Å². The molecular formula is C15H19ClN4O2S. The number of halogens is 1. The van der Waals surface area contributed by atoms with Gasteiger partial charge in [0.1, 0.15) is 5.75 Å². The van der Waals surface area contributed by atoms with E-state index in [0.29, 0.717) is 30.0 Å². The lowest BCUT2D eigenvalue weighted by Gasteiger charge is -2.11. The molecule has 6 nitrogen and oxygen atoms in total. The summed E-state index contributed by atoms with van der Waals surface area (Å²) in [4.78, 5) is 12.0. The minimum absolute atomic E-state index is 0.0383. The van der Waals surface area contributed by atoms with Crippen molar-refractivity contribution >= 4 is 29.7 Å². The monoisotopic (exact) mass is 354 g/mol. The number of aryl methyl sites for hydroxylation is 1. The largest absolute Gasteiger partial charge is 0.506 e. The number of phenolic OH excluding ortho intramolecular Hbond substituents is 1. The first-order valence-electron chi connectivity index (χ1n) is 7.28. The second kappa shape index (κ2) is 7.61. The molecule has 0 unspecified atom stereocenters. The SMILES string of the molecule is CC(C)n1c(CNC(=O)CCc2ccc(O)c(Cl)c2)n[nH]c1=S. The highest BCUT2D eigenvalue weighted by atomic mass is 35.5. The Morgan fingerprint density at radius 2 is 2.26 bits per heavy atom. The van der Waals surface area contributed by atoms with Crippen molar-refractivity contribution in [2.45, 2.75) is 39.3 Å². The molecule has 0 aliphatic rings. The van der Waals surface area contributed by atoms with Crippen LogP contribution in [0.1, 0.15) is 37.7 Å². The number of benzene rings is 1. The quantitative estimate of drug-likeness (QED) is 0.696. The van der Waals surface area contributed by atoms with Gasteiger partial charge < -0.3 is 15.0 Å². The number of phenols is 1. The average molecular weight is 355 g/mol. The van der Waals surface area contributed by atoms with Gasteiger partial charge in [-0.15, -0.1) is 0 Å². The van der Waals surface area contributed by atoms with Crippen LogP contribution in [0.2, 0.25) is 5.02 Å². The van der Waals surface area contributed by atoms with E-state index < -0.39 is 0 Å². The molecule has 2 rings (SSSR count). The number of carbonyl (C=O) groups is 1. The van der Waals surface area contributed by atoms with E-state index in [-0.39, 0.29) is 22.7 Å². The lowest BCUT2D eigenvalue weighted by atomic mass is 10.1. The number of aromatic nitrogens is 3. The van der Waals surface area contributed by atoms with E-state index in [9.17, 15) is 9.90 Å². The fraction of sp³-hybridized carbons (Fsp3) is 0.400. The molecule has 2 aromatic rings. The van der Waals surface area contributed by atoms with Gasteiger partial charge in [0.15, 0.2) is 10.6 Å². The summed E-state index contributed by atoms with van der Waals surface area (Å²) in [5, 5.41) is 19.4. The number of rotatable bonds is 6. The van der Waals surface area contributed by atoms with E-state index >= 15 is 0 Å². The van der Waals surface area contributed by atoms with E-state index in [4.69, 9.17) is 23.8 Å². The second-order valence-corrected chi connectivity index (χ2v) is 6.27. The number of aromatic hydroxyl groups is 1. The smallest absolute Gasteiger partial charge is 0.220 e. The van der Waals surface area contributed by atoms with Crippen LogP contribution >= 0.6 is 23.8 Å². The van der Waals surface area contributed by atoms with Gasteiger partial charge in [0.2, 0.25) is 5.91 Å². The summed E-state index contributed by atoms with van der Waals surface area (Å²) in [6.07, 6.45) is 0.872. The van der Waals surface area contributed by atoms with Crippen molar-refractivity contribution in [3.05, 3.63) is 39.4 Å². The van der Waals surface area contributed by atoms with Crippen molar-refractivity contribution in [2.24, 2.45) is 0 Å². The van der Waals surface area contributed by atoms with E-state index in [1.807, 2.05) is 18.4 Å². The van der Waals surface area contributed by atoms with Crippen LogP contribution in [0.4, 0.5) is 0 Å². The Hall–Kier alpha value is -1.86. The van der Waals surface area contributed by atoms with Crippen LogP contribution in [-0.2, 0) is 17.8 Å². The van der Waals surface area contributed by atoms with Crippen molar-refractivity contribution in [2.75, 3.05) is 0 Å². The molecular weight excluding hydrogens is 336 g/mol. The van der Waals surface area contributed by atoms with Crippen LogP contribution in [0.3, 0.4) is 0 Å². The van der Waals surface area contributed by atoms with Gasteiger partial charge in [0, 0.05) is 12.5 Å². The maximum atomic E-state index is 12.0. The molecule has 3 N–H and O–H groups in total. The van der Waals surface area contributed by atoms with Crippen LogP contribution in [0.5, 0.6) is 5.75 Å². The first kappa shape index (κ1) is 17.5. The Labute approximate surface area is 144 Å².